The second-order valence-corrected chi connectivity index (χ2v) is 5.20. The summed E-state index contributed by atoms with van der Waals surface area (Å²) >= 11 is 1.61. The zero-order chi connectivity index (χ0) is 14.2. The molecule has 3 nitrogen and oxygen atoms in total. The molecular weight excluding hydrogens is 268 g/mol. The van der Waals surface area contributed by atoms with Crippen molar-refractivity contribution in [2.45, 2.75) is 11.4 Å². The number of benzene rings is 1. The third kappa shape index (κ3) is 3.96. The van der Waals surface area contributed by atoms with Crippen molar-refractivity contribution in [2.75, 3.05) is 5.75 Å². The first kappa shape index (κ1) is 14.3. The molecule has 0 spiro atoms. The first-order chi connectivity index (χ1) is 9.81. The van der Waals surface area contributed by atoms with Crippen LogP contribution in [0.25, 0.3) is 0 Å². The highest BCUT2D eigenvalue weighted by atomic mass is 32.2. The van der Waals surface area contributed by atoms with E-state index in [0.29, 0.717) is 12.1 Å². The van der Waals surface area contributed by atoms with Gasteiger partial charge in [-0.1, -0.05) is 24.3 Å². The summed E-state index contributed by atoms with van der Waals surface area (Å²) in [5.74, 6) is 0.716. The number of carbonyl (C=O) groups excluding carboxylic acids is 1. The molecule has 0 aliphatic carbocycles. The van der Waals surface area contributed by atoms with Crippen molar-refractivity contribution < 1.29 is 4.79 Å². The topological polar surface area (TPSA) is 42.0 Å². The molecule has 0 aliphatic heterocycles. The van der Waals surface area contributed by atoms with Crippen LogP contribution in [0.15, 0.2) is 66.3 Å². The van der Waals surface area contributed by atoms with Crippen LogP contribution in [0.3, 0.4) is 0 Å². The Kier molecular flexibility index (Phi) is 5.38. The first-order valence-corrected chi connectivity index (χ1v) is 7.29. The molecule has 20 heavy (non-hydrogen) atoms. The molecule has 1 aromatic heterocycles. The Hall–Kier alpha value is -2.07. The highest BCUT2D eigenvalue weighted by molar-refractivity contribution is 7.99. The fourth-order valence-corrected chi connectivity index (χ4v) is 2.50. The number of pyridine rings is 1. The van der Waals surface area contributed by atoms with Crippen LogP contribution in [0, 0.1) is 0 Å². The van der Waals surface area contributed by atoms with E-state index in [1.807, 2.05) is 42.5 Å². The van der Waals surface area contributed by atoms with Gasteiger partial charge in [0.15, 0.2) is 0 Å². The van der Waals surface area contributed by atoms with Crippen molar-refractivity contribution in [3.05, 3.63) is 72.6 Å². The Morgan fingerprint density at radius 1 is 1.30 bits per heavy atom. The molecule has 1 amide bonds. The molecule has 0 atom stereocenters. The van der Waals surface area contributed by atoms with Gasteiger partial charge in [0, 0.05) is 29.6 Å². The van der Waals surface area contributed by atoms with E-state index >= 15 is 0 Å². The molecule has 1 heterocycles. The van der Waals surface area contributed by atoms with Crippen LogP contribution in [0.2, 0.25) is 0 Å². The molecule has 0 radical (unpaired) electrons. The van der Waals surface area contributed by atoms with Crippen LogP contribution in [-0.4, -0.2) is 16.6 Å². The van der Waals surface area contributed by atoms with Crippen LogP contribution >= 0.6 is 11.8 Å². The summed E-state index contributed by atoms with van der Waals surface area (Å²) in [4.78, 5) is 17.2. The lowest BCUT2D eigenvalue weighted by atomic mass is 10.2. The normalized spacial score (nSPS) is 10.0. The maximum Gasteiger partial charge on any atom is 0.252 e. The molecular formula is C16H16N2OS. The number of carbonyl (C=O) groups is 1. The molecule has 0 bridgehead atoms. The van der Waals surface area contributed by atoms with Gasteiger partial charge >= 0.3 is 0 Å². The fraction of sp³-hybridized carbons (Fsp3) is 0.125. The van der Waals surface area contributed by atoms with Gasteiger partial charge in [0.1, 0.15) is 0 Å². The maximum absolute atomic E-state index is 12.2. The average molecular weight is 284 g/mol. The first-order valence-electron chi connectivity index (χ1n) is 6.31. The van der Waals surface area contributed by atoms with Crippen molar-refractivity contribution >= 4 is 17.7 Å². The standard InChI is InChI=1S/C16H16N2OS/c1-2-10-20-15-8-4-3-7-14(15)16(19)18-12-13-6-5-9-17-11-13/h2-9,11H,1,10,12H2,(H,18,19). The van der Waals surface area contributed by atoms with E-state index in [0.717, 1.165) is 16.2 Å². The van der Waals surface area contributed by atoms with Gasteiger partial charge in [0.2, 0.25) is 0 Å². The Labute approximate surface area is 123 Å². The number of thioether (sulfide) groups is 1. The van der Waals surface area contributed by atoms with Gasteiger partial charge in [-0.2, -0.15) is 0 Å². The van der Waals surface area contributed by atoms with Crippen molar-refractivity contribution in [3.63, 3.8) is 0 Å². The van der Waals surface area contributed by atoms with E-state index in [-0.39, 0.29) is 5.91 Å². The van der Waals surface area contributed by atoms with Gasteiger partial charge in [-0.05, 0) is 23.8 Å². The summed E-state index contributed by atoms with van der Waals surface area (Å²) in [6.07, 6.45) is 5.29. The third-order valence-electron chi connectivity index (χ3n) is 2.66. The second kappa shape index (κ2) is 7.50. The fourth-order valence-electron chi connectivity index (χ4n) is 1.71. The van der Waals surface area contributed by atoms with Crippen LogP contribution in [-0.2, 0) is 6.54 Å². The third-order valence-corrected chi connectivity index (χ3v) is 3.73. The Morgan fingerprint density at radius 3 is 2.90 bits per heavy atom. The lowest BCUT2D eigenvalue weighted by Gasteiger charge is -2.09. The van der Waals surface area contributed by atoms with E-state index in [9.17, 15) is 4.79 Å². The summed E-state index contributed by atoms with van der Waals surface area (Å²) < 4.78 is 0. The number of hydrogen-bond donors (Lipinski definition) is 1. The van der Waals surface area contributed by atoms with Gasteiger partial charge in [-0.25, -0.2) is 0 Å². The largest absolute Gasteiger partial charge is 0.348 e. The summed E-state index contributed by atoms with van der Waals surface area (Å²) in [6.45, 7) is 4.18. The number of nitrogens with zero attached hydrogens (tertiary/aromatic N) is 1. The van der Waals surface area contributed by atoms with Crippen molar-refractivity contribution in [3.8, 4) is 0 Å². The monoisotopic (exact) mass is 284 g/mol. The Balaban J connectivity index is 2.03. The lowest BCUT2D eigenvalue weighted by Crippen LogP contribution is -2.23. The predicted octanol–water partition coefficient (Wildman–Crippen LogP) is 3.29. The predicted molar refractivity (Wildman–Crippen MR) is 82.8 cm³/mol. The van der Waals surface area contributed by atoms with Crippen molar-refractivity contribution in [2.24, 2.45) is 0 Å². The van der Waals surface area contributed by atoms with Gasteiger partial charge in [-0.3, -0.25) is 9.78 Å². The van der Waals surface area contributed by atoms with E-state index in [1.54, 1.807) is 24.2 Å². The van der Waals surface area contributed by atoms with Gasteiger partial charge < -0.3 is 5.32 Å². The van der Waals surface area contributed by atoms with Crippen LogP contribution in [0.4, 0.5) is 0 Å². The minimum Gasteiger partial charge on any atom is -0.348 e. The molecule has 0 aliphatic rings. The molecule has 0 unspecified atom stereocenters. The SMILES string of the molecule is C=CCSc1ccccc1C(=O)NCc1cccnc1. The van der Waals surface area contributed by atoms with Crippen LogP contribution in [0.1, 0.15) is 15.9 Å². The summed E-state index contributed by atoms with van der Waals surface area (Å²) in [5.41, 5.74) is 1.68. The zero-order valence-corrected chi connectivity index (χ0v) is 11.9. The van der Waals surface area contributed by atoms with E-state index in [2.05, 4.69) is 16.9 Å². The average Bonchev–Trinajstić information content (AvgIpc) is 2.52. The van der Waals surface area contributed by atoms with E-state index in [4.69, 9.17) is 0 Å². The van der Waals surface area contributed by atoms with E-state index in [1.165, 1.54) is 0 Å². The lowest BCUT2D eigenvalue weighted by molar-refractivity contribution is 0.0948. The number of rotatable bonds is 6. The quantitative estimate of drug-likeness (QED) is 0.654. The highest BCUT2D eigenvalue weighted by Gasteiger charge is 2.10. The van der Waals surface area contributed by atoms with Crippen LogP contribution in [0.5, 0.6) is 0 Å². The van der Waals surface area contributed by atoms with Crippen molar-refractivity contribution in [1.29, 1.82) is 0 Å². The molecule has 0 saturated heterocycles. The molecule has 1 N–H and O–H groups in total. The van der Waals surface area contributed by atoms with Crippen molar-refractivity contribution in [1.82, 2.24) is 10.3 Å². The molecule has 1 aromatic carbocycles. The summed E-state index contributed by atoms with van der Waals surface area (Å²) in [5, 5.41) is 2.91. The van der Waals surface area contributed by atoms with Gasteiger partial charge in [-0.15, -0.1) is 18.3 Å². The van der Waals surface area contributed by atoms with Gasteiger partial charge in [0.05, 0.1) is 5.56 Å². The number of nitrogens with one attached hydrogen (secondary N) is 1. The Morgan fingerprint density at radius 2 is 2.15 bits per heavy atom. The highest BCUT2D eigenvalue weighted by Crippen LogP contribution is 2.22. The maximum atomic E-state index is 12.2. The number of hydrogen-bond acceptors (Lipinski definition) is 3. The van der Waals surface area contributed by atoms with Crippen LogP contribution < -0.4 is 5.32 Å². The molecule has 4 heteroatoms. The second-order valence-electron chi connectivity index (χ2n) is 4.14. The summed E-state index contributed by atoms with van der Waals surface area (Å²) in [6, 6.07) is 11.4. The molecule has 0 saturated carbocycles. The molecule has 2 rings (SSSR count). The smallest absolute Gasteiger partial charge is 0.252 e. The minimum atomic E-state index is -0.0685. The van der Waals surface area contributed by atoms with E-state index < -0.39 is 0 Å². The minimum absolute atomic E-state index is 0.0685. The Bertz CT molecular complexity index is 584. The van der Waals surface area contributed by atoms with Gasteiger partial charge in [0.25, 0.3) is 5.91 Å². The zero-order valence-electron chi connectivity index (χ0n) is 11.1. The number of aromatic nitrogens is 1. The molecule has 2 aromatic rings. The number of amides is 1. The molecule has 102 valence electrons. The summed E-state index contributed by atoms with van der Waals surface area (Å²) in [7, 11) is 0. The molecule has 0 fully saturated rings.